The zero-order valence-electron chi connectivity index (χ0n) is 8.40. The lowest BCUT2D eigenvalue weighted by Crippen LogP contribution is -2.04. The molecule has 0 radical (unpaired) electrons. The summed E-state index contributed by atoms with van der Waals surface area (Å²) in [7, 11) is 0. The molecule has 4 heteroatoms. The minimum absolute atomic E-state index is 0.0235. The topological polar surface area (TPSA) is 57.5 Å². The third kappa shape index (κ3) is 3.32. The minimum Gasteiger partial charge on any atom is -0.481 e. The average Bonchev–Trinajstić information content (AvgIpc) is 2.18. The molecule has 0 aliphatic rings. The first-order valence-electron chi connectivity index (χ1n) is 4.66. The van der Waals surface area contributed by atoms with Gasteiger partial charge in [-0.3, -0.25) is 4.79 Å². The van der Waals surface area contributed by atoms with Gasteiger partial charge >= 0.3 is 5.97 Å². The molecular formula is C11H13FO3. The van der Waals surface area contributed by atoms with Crippen LogP contribution in [0.4, 0.5) is 4.39 Å². The van der Waals surface area contributed by atoms with Crippen LogP contribution in [0.25, 0.3) is 0 Å². The van der Waals surface area contributed by atoms with Gasteiger partial charge < -0.3 is 10.2 Å². The van der Waals surface area contributed by atoms with E-state index in [1.807, 2.05) is 0 Å². The number of aliphatic carboxylic acids is 1. The van der Waals surface area contributed by atoms with E-state index < -0.39 is 17.9 Å². The summed E-state index contributed by atoms with van der Waals surface area (Å²) >= 11 is 0. The highest BCUT2D eigenvalue weighted by molar-refractivity contribution is 5.66. The van der Waals surface area contributed by atoms with Crippen molar-refractivity contribution in [3.05, 3.63) is 35.1 Å². The number of rotatable bonds is 4. The standard InChI is InChI=1S/C11H13FO3/c1-7-2-3-9(12)8(6-7)10(13)4-5-11(14)15/h2-3,6,10,13H,4-5H2,1H3,(H,14,15). The number of hydrogen-bond acceptors (Lipinski definition) is 2. The van der Waals surface area contributed by atoms with Crippen molar-refractivity contribution in [1.29, 1.82) is 0 Å². The van der Waals surface area contributed by atoms with Gasteiger partial charge in [-0.05, 0) is 19.4 Å². The fourth-order valence-corrected chi connectivity index (χ4v) is 1.33. The van der Waals surface area contributed by atoms with E-state index in [4.69, 9.17) is 5.11 Å². The molecule has 1 atom stereocenters. The predicted molar refractivity (Wildman–Crippen MR) is 53.0 cm³/mol. The molecule has 0 spiro atoms. The molecule has 0 fully saturated rings. The van der Waals surface area contributed by atoms with Crippen LogP contribution in [0.1, 0.15) is 30.1 Å². The van der Waals surface area contributed by atoms with Crippen LogP contribution in [-0.4, -0.2) is 16.2 Å². The number of carboxylic acids is 1. The molecule has 0 aliphatic carbocycles. The van der Waals surface area contributed by atoms with Crippen LogP contribution in [0.2, 0.25) is 0 Å². The Morgan fingerprint density at radius 2 is 2.20 bits per heavy atom. The van der Waals surface area contributed by atoms with Gasteiger partial charge in [-0.15, -0.1) is 0 Å². The Labute approximate surface area is 87.2 Å². The van der Waals surface area contributed by atoms with E-state index in [2.05, 4.69) is 0 Å². The number of carbonyl (C=O) groups is 1. The molecule has 0 saturated carbocycles. The highest BCUT2D eigenvalue weighted by atomic mass is 19.1. The first-order chi connectivity index (χ1) is 7.00. The highest BCUT2D eigenvalue weighted by Crippen LogP contribution is 2.22. The first kappa shape index (κ1) is 11.7. The molecule has 2 N–H and O–H groups in total. The van der Waals surface area contributed by atoms with Gasteiger partial charge in [0.15, 0.2) is 0 Å². The molecule has 1 unspecified atom stereocenters. The van der Waals surface area contributed by atoms with Gasteiger partial charge in [-0.25, -0.2) is 4.39 Å². The van der Waals surface area contributed by atoms with Crippen LogP contribution < -0.4 is 0 Å². The van der Waals surface area contributed by atoms with Crippen LogP contribution in [0.15, 0.2) is 18.2 Å². The van der Waals surface area contributed by atoms with Crippen molar-refractivity contribution in [3.63, 3.8) is 0 Å². The van der Waals surface area contributed by atoms with E-state index in [1.54, 1.807) is 13.0 Å². The number of benzene rings is 1. The number of aliphatic hydroxyl groups is 1. The predicted octanol–water partition coefficient (Wildman–Crippen LogP) is 2.03. The molecule has 0 aliphatic heterocycles. The van der Waals surface area contributed by atoms with E-state index in [-0.39, 0.29) is 18.4 Å². The maximum atomic E-state index is 13.2. The van der Waals surface area contributed by atoms with Gasteiger partial charge in [-0.2, -0.15) is 0 Å². The molecule has 15 heavy (non-hydrogen) atoms. The summed E-state index contributed by atoms with van der Waals surface area (Å²) in [4.78, 5) is 10.3. The van der Waals surface area contributed by atoms with E-state index in [1.165, 1.54) is 12.1 Å². The second-order valence-corrected chi connectivity index (χ2v) is 3.47. The Kier molecular flexibility index (Phi) is 3.80. The van der Waals surface area contributed by atoms with Crippen molar-refractivity contribution >= 4 is 5.97 Å². The van der Waals surface area contributed by atoms with Crippen molar-refractivity contribution in [1.82, 2.24) is 0 Å². The summed E-state index contributed by atoms with van der Waals surface area (Å²) in [6.07, 6.45) is -1.20. The monoisotopic (exact) mass is 212 g/mol. The Hall–Kier alpha value is -1.42. The van der Waals surface area contributed by atoms with Crippen LogP contribution >= 0.6 is 0 Å². The second-order valence-electron chi connectivity index (χ2n) is 3.47. The summed E-state index contributed by atoms with van der Waals surface area (Å²) in [6.45, 7) is 1.78. The molecule has 0 bridgehead atoms. The summed E-state index contributed by atoms with van der Waals surface area (Å²) in [6, 6.07) is 4.40. The second kappa shape index (κ2) is 4.89. The third-order valence-electron chi connectivity index (χ3n) is 2.14. The molecule has 0 aromatic heterocycles. The summed E-state index contributed by atoms with van der Waals surface area (Å²) < 4.78 is 13.2. The summed E-state index contributed by atoms with van der Waals surface area (Å²) in [5, 5.41) is 18.0. The number of halogens is 1. The molecule has 1 aromatic rings. The Balaban J connectivity index is 2.76. The Morgan fingerprint density at radius 1 is 1.53 bits per heavy atom. The normalized spacial score (nSPS) is 12.5. The summed E-state index contributed by atoms with van der Waals surface area (Å²) in [5.41, 5.74) is 0.997. The van der Waals surface area contributed by atoms with E-state index >= 15 is 0 Å². The molecular weight excluding hydrogens is 199 g/mol. The van der Waals surface area contributed by atoms with Crippen molar-refractivity contribution in [2.45, 2.75) is 25.9 Å². The SMILES string of the molecule is Cc1ccc(F)c(C(O)CCC(=O)O)c1. The van der Waals surface area contributed by atoms with Crippen LogP contribution in [0, 0.1) is 12.7 Å². The van der Waals surface area contributed by atoms with Crippen molar-refractivity contribution in [3.8, 4) is 0 Å². The Morgan fingerprint density at radius 3 is 2.80 bits per heavy atom. The Bertz CT molecular complexity index is 363. The van der Waals surface area contributed by atoms with Gasteiger partial charge in [-0.1, -0.05) is 17.7 Å². The van der Waals surface area contributed by atoms with Crippen molar-refractivity contribution in [2.24, 2.45) is 0 Å². The lowest BCUT2D eigenvalue weighted by atomic mass is 10.0. The van der Waals surface area contributed by atoms with E-state index in [9.17, 15) is 14.3 Å². The number of aryl methyl sites for hydroxylation is 1. The number of aliphatic hydroxyl groups excluding tert-OH is 1. The van der Waals surface area contributed by atoms with Gasteiger partial charge in [0.05, 0.1) is 6.10 Å². The molecule has 0 amide bonds. The lowest BCUT2D eigenvalue weighted by molar-refractivity contribution is -0.137. The zero-order valence-corrected chi connectivity index (χ0v) is 8.40. The quantitative estimate of drug-likeness (QED) is 0.802. The first-order valence-corrected chi connectivity index (χ1v) is 4.66. The fraction of sp³-hybridized carbons (Fsp3) is 0.364. The maximum Gasteiger partial charge on any atom is 0.303 e. The molecule has 1 aromatic carbocycles. The average molecular weight is 212 g/mol. The number of hydrogen-bond donors (Lipinski definition) is 2. The van der Waals surface area contributed by atoms with Crippen LogP contribution in [0.5, 0.6) is 0 Å². The molecule has 0 saturated heterocycles. The van der Waals surface area contributed by atoms with Gasteiger partial charge in [0, 0.05) is 12.0 Å². The van der Waals surface area contributed by atoms with Gasteiger partial charge in [0.2, 0.25) is 0 Å². The van der Waals surface area contributed by atoms with Gasteiger partial charge in [0.1, 0.15) is 5.82 Å². The summed E-state index contributed by atoms with van der Waals surface area (Å²) in [5.74, 6) is -1.50. The minimum atomic E-state index is -1.05. The maximum absolute atomic E-state index is 13.2. The van der Waals surface area contributed by atoms with Gasteiger partial charge in [0.25, 0.3) is 0 Å². The molecule has 82 valence electrons. The highest BCUT2D eigenvalue weighted by Gasteiger charge is 2.14. The molecule has 0 heterocycles. The van der Waals surface area contributed by atoms with Crippen LogP contribution in [0.3, 0.4) is 0 Å². The third-order valence-corrected chi connectivity index (χ3v) is 2.14. The zero-order chi connectivity index (χ0) is 11.4. The smallest absolute Gasteiger partial charge is 0.303 e. The van der Waals surface area contributed by atoms with Crippen molar-refractivity contribution < 1.29 is 19.4 Å². The van der Waals surface area contributed by atoms with E-state index in [0.717, 1.165) is 5.56 Å². The molecule has 1 rings (SSSR count). The van der Waals surface area contributed by atoms with Crippen molar-refractivity contribution in [2.75, 3.05) is 0 Å². The van der Waals surface area contributed by atoms with Crippen LogP contribution in [-0.2, 0) is 4.79 Å². The largest absolute Gasteiger partial charge is 0.481 e. The number of carboxylic acid groups (broad SMARTS) is 1. The lowest BCUT2D eigenvalue weighted by Gasteiger charge is -2.11. The molecule has 3 nitrogen and oxygen atoms in total. The van der Waals surface area contributed by atoms with E-state index in [0.29, 0.717) is 0 Å². The fourth-order valence-electron chi connectivity index (χ4n) is 1.33.